The molecule has 0 saturated heterocycles. The third-order valence-electron chi connectivity index (χ3n) is 2.35. The number of benzene rings is 1. The second kappa shape index (κ2) is 3.77. The highest BCUT2D eigenvalue weighted by atomic mass is 16.3. The van der Waals surface area contributed by atoms with E-state index in [0.29, 0.717) is 0 Å². The Bertz CT molecular complexity index is 282. The molecular formula is C10H15NO2. The molecule has 1 rings (SSSR count). The van der Waals surface area contributed by atoms with Gasteiger partial charge in [0.05, 0.1) is 12.1 Å². The van der Waals surface area contributed by atoms with E-state index in [1.54, 1.807) is 25.2 Å². The van der Waals surface area contributed by atoms with E-state index in [0.717, 1.165) is 5.56 Å². The van der Waals surface area contributed by atoms with Gasteiger partial charge in [-0.05, 0) is 31.7 Å². The van der Waals surface area contributed by atoms with Crippen LogP contribution >= 0.6 is 0 Å². The van der Waals surface area contributed by atoms with Crippen LogP contribution in [0.1, 0.15) is 12.5 Å². The standard InChI is InChI=1S/C10H15NO2/c1-10(7-12,11-2)8-4-3-5-9(13)6-8/h3-6,11-13H,7H2,1-2H3. The zero-order valence-electron chi connectivity index (χ0n) is 7.91. The first kappa shape index (κ1) is 10.0. The van der Waals surface area contributed by atoms with Crippen molar-refractivity contribution in [1.82, 2.24) is 5.32 Å². The van der Waals surface area contributed by atoms with Crippen molar-refractivity contribution in [2.75, 3.05) is 13.7 Å². The summed E-state index contributed by atoms with van der Waals surface area (Å²) in [6.07, 6.45) is 0. The van der Waals surface area contributed by atoms with E-state index in [-0.39, 0.29) is 12.4 Å². The summed E-state index contributed by atoms with van der Waals surface area (Å²) in [7, 11) is 1.78. The summed E-state index contributed by atoms with van der Waals surface area (Å²) in [6.45, 7) is 1.87. The van der Waals surface area contributed by atoms with Crippen molar-refractivity contribution in [3.05, 3.63) is 29.8 Å². The number of aliphatic hydroxyl groups is 1. The van der Waals surface area contributed by atoms with Gasteiger partial charge in [-0.25, -0.2) is 0 Å². The van der Waals surface area contributed by atoms with Gasteiger partial charge in [0.2, 0.25) is 0 Å². The predicted molar refractivity (Wildman–Crippen MR) is 51.6 cm³/mol. The van der Waals surface area contributed by atoms with Gasteiger partial charge in [-0.3, -0.25) is 0 Å². The lowest BCUT2D eigenvalue weighted by Gasteiger charge is -2.27. The number of phenolic OH excluding ortho intramolecular Hbond substituents is 1. The minimum absolute atomic E-state index is 0.00699. The first-order valence-corrected chi connectivity index (χ1v) is 4.21. The number of hydrogen-bond acceptors (Lipinski definition) is 3. The van der Waals surface area contributed by atoms with Crippen molar-refractivity contribution in [1.29, 1.82) is 0 Å². The summed E-state index contributed by atoms with van der Waals surface area (Å²) in [5.41, 5.74) is 0.385. The SMILES string of the molecule is CNC(C)(CO)c1cccc(O)c1. The quantitative estimate of drug-likeness (QED) is 0.647. The molecule has 0 aliphatic carbocycles. The first-order chi connectivity index (χ1) is 6.12. The van der Waals surface area contributed by atoms with Gasteiger partial charge in [-0.1, -0.05) is 12.1 Å². The molecule has 0 aromatic heterocycles. The average molecular weight is 181 g/mol. The minimum Gasteiger partial charge on any atom is -0.508 e. The molecule has 13 heavy (non-hydrogen) atoms. The molecule has 0 aliphatic heterocycles. The maximum absolute atomic E-state index is 9.26. The number of hydrogen-bond donors (Lipinski definition) is 3. The van der Waals surface area contributed by atoms with Gasteiger partial charge in [-0.15, -0.1) is 0 Å². The maximum atomic E-state index is 9.26. The summed E-state index contributed by atoms with van der Waals surface area (Å²) in [5, 5.41) is 21.5. The molecule has 3 N–H and O–H groups in total. The topological polar surface area (TPSA) is 52.5 Å². The highest BCUT2D eigenvalue weighted by Crippen LogP contribution is 2.22. The van der Waals surface area contributed by atoms with Crippen molar-refractivity contribution in [2.24, 2.45) is 0 Å². The zero-order chi connectivity index (χ0) is 9.90. The van der Waals surface area contributed by atoms with Crippen LogP contribution in [-0.2, 0) is 5.54 Å². The third-order valence-corrected chi connectivity index (χ3v) is 2.35. The van der Waals surface area contributed by atoms with Crippen LogP contribution in [0.2, 0.25) is 0 Å². The fourth-order valence-corrected chi connectivity index (χ4v) is 1.16. The largest absolute Gasteiger partial charge is 0.508 e. The van der Waals surface area contributed by atoms with Gasteiger partial charge in [0.15, 0.2) is 0 Å². The molecule has 1 unspecified atom stereocenters. The molecular weight excluding hydrogens is 166 g/mol. The Morgan fingerprint density at radius 3 is 2.62 bits per heavy atom. The zero-order valence-corrected chi connectivity index (χ0v) is 7.91. The van der Waals surface area contributed by atoms with Crippen LogP contribution < -0.4 is 5.32 Å². The van der Waals surface area contributed by atoms with E-state index in [9.17, 15) is 10.2 Å². The number of likely N-dealkylation sites (N-methyl/N-ethyl adjacent to an activating group) is 1. The molecule has 1 aromatic carbocycles. The second-order valence-corrected chi connectivity index (χ2v) is 3.29. The molecule has 0 saturated carbocycles. The molecule has 0 spiro atoms. The lowest BCUT2D eigenvalue weighted by Crippen LogP contribution is -2.40. The summed E-state index contributed by atoms with van der Waals surface area (Å²) in [4.78, 5) is 0. The van der Waals surface area contributed by atoms with E-state index in [4.69, 9.17) is 0 Å². The van der Waals surface area contributed by atoms with Crippen LogP contribution in [0.5, 0.6) is 5.75 Å². The molecule has 0 aliphatic rings. The normalized spacial score (nSPS) is 15.3. The number of rotatable bonds is 3. The third kappa shape index (κ3) is 1.99. The van der Waals surface area contributed by atoms with Gasteiger partial charge in [-0.2, -0.15) is 0 Å². The Kier molecular flexibility index (Phi) is 2.90. The van der Waals surface area contributed by atoms with Gasteiger partial charge in [0, 0.05) is 0 Å². The van der Waals surface area contributed by atoms with Gasteiger partial charge < -0.3 is 15.5 Å². The fourth-order valence-electron chi connectivity index (χ4n) is 1.16. The molecule has 72 valence electrons. The Hall–Kier alpha value is -1.06. The van der Waals surface area contributed by atoms with Crippen LogP contribution in [0.15, 0.2) is 24.3 Å². The smallest absolute Gasteiger partial charge is 0.115 e. The molecule has 0 radical (unpaired) electrons. The monoisotopic (exact) mass is 181 g/mol. The van der Waals surface area contributed by atoms with E-state index >= 15 is 0 Å². The van der Waals surface area contributed by atoms with Crippen LogP contribution in [-0.4, -0.2) is 23.9 Å². The number of aliphatic hydroxyl groups excluding tert-OH is 1. The summed E-state index contributed by atoms with van der Waals surface area (Å²) >= 11 is 0. The second-order valence-electron chi connectivity index (χ2n) is 3.29. The van der Waals surface area contributed by atoms with E-state index in [2.05, 4.69) is 5.32 Å². The number of nitrogens with one attached hydrogen (secondary N) is 1. The molecule has 3 heteroatoms. The molecule has 3 nitrogen and oxygen atoms in total. The van der Waals surface area contributed by atoms with E-state index < -0.39 is 5.54 Å². The van der Waals surface area contributed by atoms with Crippen molar-refractivity contribution in [2.45, 2.75) is 12.5 Å². The Morgan fingerprint density at radius 1 is 1.46 bits per heavy atom. The first-order valence-electron chi connectivity index (χ1n) is 4.21. The van der Waals surface area contributed by atoms with Crippen LogP contribution in [0.4, 0.5) is 0 Å². The van der Waals surface area contributed by atoms with Crippen LogP contribution in [0.25, 0.3) is 0 Å². The predicted octanol–water partition coefficient (Wildman–Crippen LogP) is 0.819. The summed E-state index contributed by atoms with van der Waals surface area (Å²) in [6, 6.07) is 6.88. The maximum Gasteiger partial charge on any atom is 0.115 e. The van der Waals surface area contributed by atoms with Crippen LogP contribution in [0.3, 0.4) is 0 Å². The molecule has 0 amide bonds. The number of aromatic hydroxyl groups is 1. The average Bonchev–Trinajstić information content (AvgIpc) is 2.17. The van der Waals surface area contributed by atoms with Crippen molar-refractivity contribution >= 4 is 0 Å². The molecule has 0 bridgehead atoms. The minimum atomic E-state index is -0.487. The molecule has 0 heterocycles. The fraction of sp³-hybridized carbons (Fsp3) is 0.400. The Labute approximate surface area is 78.0 Å². The molecule has 1 atom stereocenters. The van der Waals surface area contributed by atoms with Gasteiger partial charge in [0.25, 0.3) is 0 Å². The highest BCUT2D eigenvalue weighted by Gasteiger charge is 2.23. The molecule has 0 fully saturated rings. The van der Waals surface area contributed by atoms with Gasteiger partial charge >= 0.3 is 0 Å². The highest BCUT2D eigenvalue weighted by molar-refractivity contribution is 5.32. The summed E-state index contributed by atoms with van der Waals surface area (Å²) < 4.78 is 0. The van der Waals surface area contributed by atoms with Crippen molar-refractivity contribution in [3.63, 3.8) is 0 Å². The summed E-state index contributed by atoms with van der Waals surface area (Å²) in [5.74, 6) is 0.215. The lowest BCUT2D eigenvalue weighted by molar-refractivity contribution is 0.183. The number of phenols is 1. The van der Waals surface area contributed by atoms with Crippen molar-refractivity contribution < 1.29 is 10.2 Å². The lowest BCUT2D eigenvalue weighted by atomic mass is 9.93. The Morgan fingerprint density at radius 2 is 2.15 bits per heavy atom. The molecule has 1 aromatic rings. The Balaban J connectivity index is 3.05. The van der Waals surface area contributed by atoms with Gasteiger partial charge in [0.1, 0.15) is 5.75 Å². The van der Waals surface area contributed by atoms with Crippen molar-refractivity contribution in [3.8, 4) is 5.75 Å². The van der Waals surface area contributed by atoms with E-state index in [1.165, 1.54) is 0 Å². The van der Waals surface area contributed by atoms with Crippen LogP contribution in [0, 0.1) is 0 Å². The van der Waals surface area contributed by atoms with E-state index in [1.807, 2.05) is 13.0 Å².